The molecule has 0 bridgehead atoms. The standard InChI is InChI=1S/C26H25NO4S/c1-3-32(29,30)25(21-12-6-4-7-13-21)23-17-16-20(19-24(23)31-2)11-10-18-27-26(28)22-14-8-5-9-15-22/h4-9,12-17,19,25H,3,11H2,1-2H3,(H,27,28). The Hall–Kier alpha value is -3.56. The van der Waals surface area contributed by atoms with E-state index in [9.17, 15) is 13.2 Å². The maximum atomic E-state index is 12.9. The molecule has 0 spiro atoms. The molecule has 0 heterocycles. The molecule has 164 valence electrons. The first-order chi connectivity index (χ1) is 15.5. The predicted molar refractivity (Wildman–Crippen MR) is 126 cm³/mol. The summed E-state index contributed by atoms with van der Waals surface area (Å²) in [5.41, 5.74) is 2.68. The number of amides is 1. The van der Waals surface area contributed by atoms with Gasteiger partial charge in [0.15, 0.2) is 9.84 Å². The summed E-state index contributed by atoms with van der Waals surface area (Å²) in [5.74, 6) is 3.16. The smallest absolute Gasteiger partial charge is 0.262 e. The van der Waals surface area contributed by atoms with Crippen LogP contribution < -0.4 is 10.1 Å². The molecule has 0 saturated heterocycles. The molecule has 32 heavy (non-hydrogen) atoms. The van der Waals surface area contributed by atoms with Crippen LogP contribution in [-0.2, 0) is 16.3 Å². The first-order valence-electron chi connectivity index (χ1n) is 10.2. The van der Waals surface area contributed by atoms with Crippen LogP contribution >= 0.6 is 0 Å². The molecular weight excluding hydrogens is 422 g/mol. The van der Waals surface area contributed by atoms with Gasteiger partial charge in [0, 0.05) is 29.3 Å². The molecule has 0 radical (unpaired) electrons. The van der Waals surface area contributed by atoms with E-state index in [1.165, 1.54) is 7.11 Å². The van der Waals surface area contributed by atoms with Crippen molar-refractivity contribution in [2.24, 2.45) is 0 Å². The number of nitrogens with one attached hydrogen (secondary N) is 1. The Kier molecular flexibility index (Phi) is 7.69. The Morgan fingerprint density at radius 2 is 1.66 bits per heavy atom. The van der Waals surface area contributed by atoms with Gasteiger partial charge in [-0.15, -0.1) is 0 Å². The number of rotatable bonds is 7. The van der Waals surface area contributed by atoms with E-state index in [-0.39, 0.29) is 11.7 Å². The minimum absolute atomic E-state index is 0.0179. The Labute approximate surface area is 189 Å². The van der Waals surface area contributed by atoms with Crippen LogP contribution in [0.5, 0.6) is 5.75 Å². The number of ether oxygens (including phenoxy) is 1. The molecule has 1 N–H and O–H groups in total. The van der Waals surface area contributed by atoms with Gasteiger partial charge in [-0.1, -0.05) is 73.5 Å². The summed E-state index contributed by atoms with van der Waals surface area (Å²) < 4.78 is 31.4. The number of carbonyl (C=O) groups excluding carboxylic acids is 1. The summed E-state index contributed by atoms with van der Waals surface area (Å²) in [4.78, 5) is 12.0. The van der Waals surface area contributed by atoms with E-state index in [1.807, 2.05) is 42.5 Å². The summed E-state index contributed by atoms with van der Waals surface area (Å²) >= 11 is 0. The van der Waals surface area contributed by atoms with Crippen molar-refractivity contribution in [2.75, 3.05) is 12.9 Å². The number of benzene rings is 3. The molecule has 0 aromatic heterocycles. The predicted octanol–water partition coefficient (Wildman–Crippen LogP) is 4.15. The van der Waals surface area contributed by atoms with Gasteiger partial charge < -0.3 is 4.74 Å². The topological polar surface area (TPSA) is 72.5 Å². The number of hydrogen-bond acceptors (Lipinski definition) is 4. The van der Waals surface area contributed by atoms with Crippen LogP contribution in [0, 0.1) is 12.0 Å². The zero-order valence-electron chi connectivity index (χ0n) is 18.0. The molecule has 1 atom stereocenters. The highest BCUT2D eigenvalue weighted by Crippen LogP contribution is 2.37. The van der Waals surface area contributed by atoms with Crippen molar-refractivity contribution in [2.45, 2.75) is 18.6 Å². The Morgan fingerprint density at radius 3 is 2.28 bits per heavy atom. The van der Waals surface area contributed by atoms with Gasteiger partial charge in [0.1, 0.15) is 11.0 Å². The van der Waals surface area contributed by atoms with E-state index in [0.29, 0.717) is 28.9 Å². The lowest BCUT2D eigenvalue weighted by Gasteiger charge is -2.21. The fourth-order valence-corrected chi connectivity index (χ4v) is 4.85. The van der Waals surface area contributed by atoms with E-state index in [1.54, 1.807) is 43.3 Å². The monoisotopic (exact) mass is 447 g/mol. The van der Waals surface area contributed by atoms with Crippen molar-refractivity contribution in [3.05, 3.63) is 101 Å². The number of sulfone groups is 1. The average molecular weight is 448 g/mol. The van der Waals surface area contributed by atoms with Gasteiger partial charge in [0.2, 0.25) is 0 Å². The van der Waals surface area contributed by atoms with Crippen molar-refractivity contribution in [1.82, 2.24) is 5.32 Å². The number of hydrogen-bond donors (Lipinski definition) is 1. The maximum absolute atomic E-state index is 12.9. The van der Waals surface area contributed by atoms with Crippen LogP contribution in [0.25, 0.3) is 0 Å². The van der Waals surface area contributed by atoms with E-state index in [2.05, 4.69) is 17.3 Å². The van der Waals surface area contributed by atoms with Gasteiger partial charge in [0.25, 0.3) is 5.91 Å². The summed E-state index contributed by atoms with van der Waals surface area (Å²) in [6, 6.07) is 26.1. The highest BCUT2D eigenvalue weighted by molar-refractivity contribution is 7.91. The first-order valence-corrected chi connectivity index (χ1v) is 11.9. The van der Waals surface area contributed by atoms with Crippen LogP contribution in [0.3, 0.4) is 0 Å². The molecule has 3 aromatic carbocycles. The molecule has 1 unspecified atom stereocenters. The summed E-state index contributed by atoms with van der Waals surface area (Å²) in [6.07, 6.45) is 0.377. The van der Waals surface area contributed by atoms with Crippen LogP contribution in [0.15, 0.2) is 78.9 Å². The van der Waals surface area contributed by atoms with Gasteiger partial charge in [-0.25, -0.2) is 8.42 Å². The van der Waals surface area contributed by atoms with Crippen molar-refractivity contribution >= 4 is 15.7 Å². The third kappa shape index (κ3) is 5.57. The summed E-state index contributed by atoms with van der Waals surface area (Å²) in [6.45, 7) is 1.64. The largest absolute Gasteiger partial charge is 0.496 e. The molecule has 0 aliphatic rings. The van der Waals surface area contributed by atoms with E-state index in [0.717, 1.165) is 5.56 Å². The maximum Gasteiger partial charge on any atom is 0.262 e. The molecule has 0 saturated carbocycles. The lowest BCUT2D eigenvalue weighted by molar-refractivity contribution is 0.0973. The minimum Gasteiger partial charge on any atom is -0.496 e. The second-order valence-electron chi connectivity index (χ2n) is 7.12. The minimum atomic E-state index is -3.42. The van der Waals surface area contributed by atoms with Gasteiger partial charge in [-0.3, -0.25) is 10.1 Å². The third-order valence-corrected chi connectivity index (χ3v) is 7.09. The highest BCUT2D eigenvalue weighted by atomic mass is 32.2. The zero-order chi connectivity index (χ0) is 23.0. The van der Waals surface area contributed by atoms with Crippen molar-refractivity contribution in [3.8, 4) is 17.7 Å². The van der Waals surface area contributed by atoms with Crippen LogP contribution in [0.1, 0.15) is 39.2 Å². The first kappa shape index (κ1) is 23.1. The summed E-state index contributed by atoms with van der Waals surface area (Å²) in [5, 5.41) is 1.75. The molecule has 3 aromatic rings. The molecule has 0 fully saturated rings. The molecule has 0 aliphatic heterocycles. The molecule has 3 rings (SSSR count). The molecule has 5 nitrogen and oxygen atoms in total. The van der Waals surface area contributed by atoms with Gasteiger partial charge in [-0.2, -0.15) is 0 Å². The molecule has 1 amide bonds. The van der Waals surface area contributed by atoms with E-state index >= 15 is 0 Å². The van der Waals surface area contributed by atoms with Crippen LogP contribution in [0.2, 0.25) is 0 Å². The Morgan fingerprint density at radius 1 is 1.00 bits per heavy atom. The molecule has 6 heteroatoms. The fraction of sp³-hybridized carbons (Fsp3) is 0.192. The van der Waals surface area contributed by atoms with Crippen molar-refractivity contribution in [1.29, 1.82) is 0 Å². The van der Waals surface area contributed by atoms with Crippen LogP contribution in [-0.4, -0.2) is 27.2 Å². The average Bonchev–Trinajstić information content (AvgIpc) is 2.83. The lowest BCUT2D eigenvalue weighted by Crippen LogP contribution is -2.18. The van der Waals surface area contributed by atoms with Gasteiger partial charge in [0.05, 0.1) is 7.11 Å². The second kappa shape index (κ2) is 10.7. The fourth-order valence-electron chi connectivity index (χ4n) is 3.37. The zero-order valence-corrected chi connectivity index (χ0v) is 18.9. The number of carbonyl (C=O) groups is 1. The number of methoxy groups -OCH3 is 1. The van der Waals surface area contributed by atoms with Gasteiger partial charge in [-0.05, 0) is 29.3 Å². The van der Waals surface area contributed by atoms with Crippen LogP contribution in [0.4, 0.5) is 0 Å². The van der Waals surface area contributed by atoms with Gasteiger partial charge >= 0.3 is 0 Å². The molecule has 0 aliphatic carbocycles. The quantitative estimate of drug-likeness (QED) is 0.436. The Bertz CT molecular complexity index is 1230. The summed E-state index contributed by atoms with van der Waals surface area (Å²) in [7, 11) is -1.90. The Balaban J connectivity index is 1.82. The second-order valence-corrected chi connectivity index (χ2v) is 9.49. The van der Waals surface area contributed by atoms with E-state index < -0.39 is 15.1 Å². The van der Waals surface area contributed by atoms with Crippen molar-refractivity contribution in [3.63, 3.8) is 0 Å². The normalized spacial score (nSPS) is 11.7. The SMILES string of the molecule is CCS(=O)(=O)C(c1ccccc1)c1ccc(CC#CNC(=O)c2ccccc2)cc1OC. The third-order valence-electron chi connectivity index (χ3n) is 5.04. The highest BCUT2D eigenvalue weighted by Gasteiger charge is 2.30. The van der Waals surface area contributed by atoms with E-state index in [4.69, 9.17) is 4.74 Å². The lowest BCUT2D eigenvalue weighted by atomic mass is 10.0. The molecular formula is C26H25NO4S. The van der Waals surface area contributed by atoms with Crippen molar-refractivity contribution < 1.29 is 17.9 Å².